The van der Waals surface area contributed by atoms with Gasteiger partial charge in [0.05, 0.1) is 0 Å². The van der Waals surface area contributed by atoms with E-state index in [2.05, 4.69) is 6.92 Å². The van der Waals surface area contributed by atoms with Crippen LogP contribution in [0.1, 0.15) is 33.1 Å². The van der Waals surface area contributed by atoms with E-state index in [1.54, 1.807) is 0 Å². The molecule has 0 aliphatic rings. The summed E-state index contributed by atoms with van der Waals surface area (Å²) in [6, 6.07) is 0. The van der Waals surface area contributed by atoms with E-state index in [-0.39, 0.29) is 5.92 Å². The molecule has 0 aliphatic heterocycles. The highest BCUT2D eigenvalue weighted by Crippen LogP contribution is 2.05. The normalized spacial score (nSPS) is 13.2. The summed E-state index contributed by atoms with van der Waals surface area (Å²) in [5.41, 5.74) is 0. The number of carbonyl (C=O) groups excluding carboxylic acids is 1. The second kappa shape index (κ2) is 4.54. The van der Waals surface area contributed by atoms with Crippen molar-refractivity contribution < 1.29 is 4.79 Å². The van der Waals surface area contributed by atoms with E-state index in [0.717, 1.165) is 12.8 Å². The van der Waals surface area contributed by atoms with E-state index in [1.165, 1.54) is 0 Å². The van der Waals surface area contributed by atoms with Crippen LogP contribution in [0.25, 0.3) is 0 Å². The van der Waals surface area contributed by atoms with Crippen LogP contribution in [0, 0.1) is 12.8 Å². The standard InChI is InChI=1S/C8H15O/c1-4-6-8(9)7(3)5-2/h7H,3-6H2,1-2H3. The maximum Gasteiger partial charge on any atom is 0.135 e. The zero-order chi connectivity index (χ0) is 7.28. The van der Waals surface area contributed by atoms with Crippen molar-refractivity contribution >= 4 is 5.78 Å². The molecule has 0 saturated carbocycles. The van der Waals surface area contributed by atoms with Crippen LogP contribution in [-0.4, -0.2) is 5.78 Å². The minimum Gasteiger partial charge on any atom is -0.299 e. The second-order valence-electron chi connectivity index (χ2n) is 2.32. The minimum atomic E-state index is 0.0324. The Kier molecular flexibility index (Phi) is 4.37. The number of rotatable bonds is 4. The molecule has 0 aromatic carbocycles. The summed E-state index contributed by atoms with van der Waals surface area (Å²) < 4.78 is 0. The molecule has 1 unspecified atom stereocenters. The fourth-order valence-electron chi connectivity index (χ4n) is 0.678. The maximum absolute atomic E-state index is 10.9. The third-order valence-electron chi connectivity index (χ3n) is 1.44. The van der Waals surface area contributed by atoms with Crippen molar-refractivity contribution in [3.8, 4) is 0 Å². The number of Topliss-reactive ketones (excluding diaryl/α,β-unsaturated/α-hetero) is 1. The van der Waals surface area contributed by atoms with Crippen molar-refractivity contribution in [1.82, 2.24) is 0 Å². The Morgan fingerprint density at radius 2 is 2.11 bits per heavy atom. The molecule has 0 bridgehead atoms. The second-order valence-corrected chi connectivity index (χ2v) is 2.32. The Hall–Kier alpha value is -0.330. The van der Waals surface area contributed by atoms with E-state index < -0.39 is 0 Å². The van der Waals surface area contributed by atoms with E-state index in [1.807, 2.05) is 13.8 Å². The van der Waals surface area contributed by atoms with E-state index in [4.69, 9.17) is 0 Å². The molecule has 9 heavy (non-hydrogen) atoms. The number of hydrogen-bond donors (Lipinski definition) is 0. The number of ketones is 1. The fourth-order valence-corrected chi connectivity index (χ4v) is 0.678. The van der Waals surface area contributed by atoms with Crippen LogP contribution in [-0.2, 0) is 4.79 Å². The first-order chi connectivity index (χ1) is 4.22. The van der Waals surface area contributed by atoms with Gasteiger partial charge in [-0.1, -0.05) is 13.8 Å². The molecule has 1 radical (unpaired) electrons. The van der Waals surface area contributed by atoms with Gasteiger partial charge in [0.15, 0.2) is 0 Å². The summed E-state index contributed by atoms with van der Waals surface area (Å²) >= 11 is 0. The molecule has 0 aliphatic carbocycles. The quantitative estimate of drug-likeness (QED) is 0.566. The van der Waals surface area contributed by atoms with Gasteiger partial charge in [0.25, 0.3) is 0 Å². The zero-order valence-electron chi connectivity index (χ0n) is 6.31. The van der Waals surface area contributed by atoms with Crippen molar-refractivity contribution in [2.75, 3.05) is 0 Å². The van der Waals surface area contributed by atoms with Gasteiger partial charge in [0.1, 0.15) is 5.78 Å². The third-order valence-corrected chi connectivity index (χ3v) is 1.44. The predicted molar refractivity (Wildman–Crippen MR) is 39.1 cm³/mol. The lowest BCUT2D eigenvalue weighted by Crippen LogP contribution is -2.08. The fraction of sp³-hybridized carbons (Fsp3) is 0.750. The molecule has 0 N–H and O–H groups in total. The summed E-state index contributed by atoms with van der Waals surface area (Å²) in [5, 5.41) is 0. The Balaban J connectivity index is 3.46. The molecule has 0 rings (SSSR count). The molecule has 1 atom stereocenters. The molecule has 0 fully saturated rings. The highest BCUT2D eigenvalue weighted by Gasteiger charge is 2.07. The Bertz CT molecular complexity index is 86.6. The van der Waals surface area contributed by atoms with Crippen molar-refractivity contribution in [2.24, 2.45) is 5.92 Å². The van der Waals surface area contributed by atoms with Crippen molar-refractivity contribution in [2.45, 2.75) is 33.1 Å². The van der Waals surface area contributed by atoms with Crippen molar-refractivity contribution in [1.29, 1.82) is 0 Å². The van der Waals surface area contributed by atoms with Crippen LogP contribution in [0.3, 0.4) is 0 Å². The monoisotopic (exact) mass is 127 g/mol. The molecule has 0 heterocycles. The Morgan fingerprint density at radius 3 is 2.44 bits per heavy atom. The van der Waals surface area contributed by atoms with Crippen LogP contribution in [0.4, 0.5) is 0 Å². The Labute approximate surface area is 57.5 Å². The topological polar surface area (TPSA) is 17.1 Å². The molecule has 1 nitrogen and oxygen atoms in total. The SMILES string of the molecule is [CH2]C(CC)C(=O)CCC. The highest BCUT2D eigenvalue weighted by atomic mass is 16.1. The highest BCUT2D eigenvalue weighted by molar-refractivity contribution is 5.81. The van der Waals surface area contributed by atoms with Gasteiger partial charge in [0.2, 0.25) is 0 Å². The van der Waals surface area contributed by atoms with E-state index >= 15 is 0 Å². The van der Waals surface area contributed by atoms with Gasteiger partial charge >= 0.3 is 0 Å². The summed E-state index contributed by atoms with van der Waals surface area (Å²) in [5.74, 6) is 0.338. The first-order valence-electron chi connectivity index (χ1n) is 3.58. The lowest BCUT2D eigenvalue weighted by atomic mass is 10.0. The zero-order valence-corrected chi connectivity index (χ0v) is 6.31. The van der Waals surface area contributed by atoms with Gasteiger partial charge in [-0.3, -0.25) is 4.79 Å². The molecule has 0 spiro atoms. The average Bonchev–Trinajstić information content (AvgIpc) is 1.87. The van der Waals surface area contributed by atoms with Gasteiger partial charge in [0, 0.05) is 12.3 Å². The van der Waals surface area contributed by atoms with Gasteiger partial charge in [-0.25, -0.2) is 0 Å². The molecule has 0 aromatic heterocycles. The third kappa shape index (κ3) is 3.28. The maximum atomic E-state index is 10.9. The van der Waals surface area contributed by atoms with E-state index in [0.29, 0.717) is 12.2 Å². The predicted octanol–water partition coefficient (Wildman–Crippen LogP) is 2.22. The minimum absolute atomic E-state index is 0.0324. The first kappa shape index (κ1) is 8.67. The average molecular weight is 127 g/mol. The van der Waals surface area contributed by atoms with Crippen LogP contribution in [0.5, 0.6) is 0 Å². The van der Waals surface area contributed by atoms with Crippen LogP contribution in [0.15, 0.2) is 0 Å². The summed E-state index contributed by atoms with van der Waals surface area (Å²) in [6.45, 7) is 7.73. The molecule has 0 saturated heterocycles. The van der Waals surface area contributed by atoms with Crippen molar-refractivity contribution in [3.05, 3.63) is 6.92 Å². The molecule has 0 amide bonds. The largest absolute Gasteiger partial charge is 0.299 e. The molecular formula is C8H15O. The molecule has 53 valence electrons. The molecule has 0 aromatic rings. The van der Waals surface area contributed by atoms with Crippen LogP contribution in [0.2, 0.25) is 0 Å². The molecular weight excluding hydrogens is 112 g/mol. The lowest BCUT2D eigenvalue weighted by molar-refractivity contribution is -0.121. The summed E-state index contributed by atoms with van der Waals surface area (Å²) in [4.78, 5) is 10.9. The van der Waals surface area contributed by atoms with Crippen molar-refractivity contribution in [3.63, 3.8) is 0 Å². The molecule has 1 heteroatoms. The Morgan fingerprint density at radius 1 is 1.56 bits per heavy atom. The first-order valence-corrected chi connectivity index (χ1v) is 3.58. The number of carbonyl (C=O) groups is 1. The van der Waals surface area contributed by atoms with Crippen LogP contribution >= 0.6 is 0 Å². The lowest BCUT2D eigenvalue weighted by Gasteiger charge is -2.03. The summed E-state index contributed by atoms with van der Waals surface area (Å²) in [7, 11) is 0. The van der Waals surface area contributed by atoms with Gasteiger partial charge in [-0.2, -0.15) is 0 Å². The number of hydrogen-bond acceptors (Lipinski definition) is 1. The van der Waals surface area contributed by atoms with Gasteiger partial charge in [-0.15, -0.1) is 0 Å². The summed E-state index contributed by atoms with van der Waals surface area (Å²) in [6.07, 6.45) is 2.52. The van der Waals surface area contributed by atoms with Crippen LogP contribution < -0.4 is 0 Å². The van der Waals surface area contributed by atoms with E-state index in [9.17, 15) is 4.79 Å². The van der Waals surface area contributed by atoms with Gasteiger partial charge in [-0.05, 0) is 19.8 Å². The van der Waals surface area contributed by atoms with Gasteiger partial charge < -0.3 is 0 Å². The smallest absolute Gasteiger partial charge is 0.135 e.